The van der Waals surface area contributed by atoms with Gasteiger partial charge in [-0.1, -0.05) is 52.7 Å². The molecular formula is C23H33N5O. The van der Waals surface area contributed by atoms with E-state index in [0.717, 1.165) is 30.3 Å². The summed E-state index contributed by atoms with van der Waals surface area (Å²) in [4.78, 5) is 22.7. The van der Waals surface area contributed by atoms with Gasteiger partial charge in [0.25, 0.3) is 5.91 Å². The van der Waals surface area contributed by atoms with E-state index >= 15 is 0 Å². The maximum absolute atomic E-state index is 13.1. The van der Waals surface area contributed by atoms with Crippen molar-refractivity contribution in [3.8, 4) is 0 Å². The summed E-state index contributed by atoms with van der Waals surface area (Å²) in [6.07, 6.45) is 3.20. The van der Waals surface area contributed by atoms with Crippen LogP contribution in [0.2, 0.25) is 0 Å². The fraction of sp³-hybridized carbons (Fsp3) is 0.522. The van der Waals surface area contributed by atoms with E-state index in [1.54, 1.807) is 0 Å². The quantitative estimate of drug-likeness (QED) is 0.575. The molecule has 2 heterocycles. The lowest BCUT2D eigenvalue weighted by atomic mass is 10.0. The number of hydrogen-bond acceptors (Lipinski definition) is 4. The number of nitrogens with zero attached hydrogens (tertiary/aromatic N) is 3. The molecule has 1 amide bonds. The first kappa shape index (κ1) is 21.1. The summed E-state index contributed by atoms with van der Waals surface area (Å²) >= 11 is 0. The number of carbonyl (C=O) groups is 1. The van der Waals surface area contributed by atoms with Crippen LogP contribution in [0, 0.1) is 11.8 Å². The Kier molecular flexibility index (Phi) is 6.40. The Morgan fingerprint density at radius 1 is 1.03 bits per heavy atom. The molecule has 0 fully saturated rings. The van der Waals surface area contributed by atoms with Crippen LogP contribution in [0.15, 0.2) is 24.3 Å². The van der Waals surface area contributed by atoms with Gasteiger partial charge in [0, 0.05) is 12.6 Å². The lowest BCUT2D eigenvalue weighted by Gasteiger charge is -2.15. The second-order valence-corrected chi connectivity index (χ2v) is 8.85. The first-order chi connectivity index (χ1) is 13.8. The van der Waals surface area contributed by atoms with Crippen LogP contribution in [-0.2, 0) is 6.54 Å². The van der Waals surface area contributed by atoms with E-state index in [4.69, 9.17) is 15.7 Å². The summed E-state index contributed by atoms with van der Waals surface area (Å²) in [7, 11) is 0. The summed E-state index contributed by atoms with van der Waals surface area (Å²) in [5.74, 6) is 1.31. The van der Waals surface area contributed by atoms with Gasteiger partial charge in [0.15, 0.2) is 5.65 Å². The van der Waals surface area contributed by atoms with Crippen molar-refractivity contribution in [2.75, 3.05) is 5.73 Å². The number of para-hydroxylation sites is 2. The second-order valence-electron chi connectivity index (χ2n) is 8.85. The van der Waals surface area contributed by atoms with Gasteiger partial charge in [-0.25, -0.2) is 9.97 Å². The van der Waals surface area contributed by atoms with Crippen LogP contribution < -0.4 is 11.1 Å². The average Bonchev–Trinajstić information content (AvgIpc) is 2.90. The Balaban J connectivity index is 1.98. The monoisotopic (exact) mass is 395 g/mol. The van der Waals surface area contributed by atoms with Crippen LogP contribution in [0.3, 0.4) is 0 Å². The molecule has 0 radical (unpaired) electrons. The molecule has 1 aromatic carbocycles. The second kappa shape index (κ2) is 8.80. The van der Waals surface area contributed by atoms with Gasteiger partial charge in [-0.05, 0) is 37.3 Å². The Hall–Kier alpha value is -2.63. The van der Waals surface area contributed by atoms with E-state index in [9.17, 15) is 4.79 Å². The number of aromatic nitrogens is 3. The van der Waals surface area contributed by atoms with E-state index < -0.39 is 0 Å². The molecule has 0 aliphatic rings. The molecule has 0 spiro atoms. The minimum Gasteiger partial charge on any atom is -0.384 e. The predicted octanol–water partition coefficient (Wildman–Crippen LogP) is 4.77. The van der Waals surface area contributed by atoms with E-state index in [1.165, 1.54) is 0 Å². The normalized spacial score (nSPS) is 12.9. The third-order valence-electron chi connectivity index (χ3n) is 5.16. The topological polar surface area (TPSA) is 85.8 Å². The van der Waals surface area contributed by atoms with Gasteiger partial charge in [-0.15, -0.1) is 0 Å². The molecule has 1 atom stereocenters. The number of amides is 1. The maximum Gasteiger partial charge on any atom is 0.257 e. The lowest BCUT2D eigenvalue weighted by molar-refractivity contribution is 0.0940. The first-order valence-corrected chi connectivity index (χ1v) is 10.6. The summed E-state index contributed by atoms with van der Waals surface area (Å²) in [6.45, 7) is 11.4. The molecule has 3 aromatic rings. The lowest BCUT2D eigenvalue weighted by Crippen LogP contribution is -2.33. The maximum atomic E-state index is 13.1. The number of benzene rings is 1. The van der Waals surface area contributed by atoms with Crippen molar-refractivity contribution >= 4 is 33.9 Å². The molecule has 0 bridgehead atoms. The molecule has 156 valence electrons. The highest BCUT2D eigenvalue weighted by atomic mass is 16.1. The molecule has 0 saturated carbocycles. The molecule has 6 heteroatoms. The molecule has 0 aliphatic carbocycles. The Labute approximate surface area is 172 Å². The van der Waals surface area contributed by atoms with Crippen molar-refractivity contribution in [3.05, 3.63) is 29.8 Å². The SMILES string of the molecule is CC(C)CCC[C@@H](C)NC(=O)c1c(N)n(CC(C)C)c2nc3ccccc3nc12. The fourth-order valence-electron chi connectivity index (χ4n) is 3.69. The number of nitrogens with two attached hydrogens (primary N) is 1. The van der Waals surface area contributed by atoms with Gasteiger partial charge >= 0.3 is 0 Å². The van der Waals surface area contributed by atoms with Gasteiger partial charge in [-0.3, -0.25) is 4.79 Å². The molecule has 3 N–H and O–H groups in total. The third kappa shape index (κ3) is 4.69. The van der Waals surface area contributed by atoms with Gasteiger partial charge < -0.3 is 15.6 Å². The fourth-order valence-corrected chi connectivity index (χ4v) is 3.69. The minimum atomic E-state index is -0.170. The molecule has 0 aliphatic heterocycles. The van der Waals surface area contributed by atoms with E-state index in [-0.39, 0.29) is 11.9 Å². The van der Waals surface area contributed by atoms with Crippen molar-refractivity contribution in [2.24, 2.45) is 11.8 Å². The molecular weight excluding hydrogens is 362 g/mol. The third-order valence-corrected chi connectivity index (χ3v) is 5.16. The zero-order valence-electron chi connectivity index (χ0n) is 18.2. The summed E-state index contributed by atoms with van der Waals surface area (Å²) in [6, 6.07) is 7.79. The standard InChI is InChI=1S/C23H33N5O/c1-14(2)9-8-10-16(5)25-23(29)19-20-22(28(21(19)24)13-15(3)4)27-18-12-7-6-11-17(18)26-20/h6-7,11-12,14-16H,8-10,13,24H2,1-5H3,(H,25,29)/t16-/m1/s1. The summed E-state index contributed by atoms with van der Waals surface area (Å²) < 4.78 is 1.93. The predicted molar refractivity (Wildman–Crippen MR) is 120 cm³/mol. The Bertz CT molecular complexity index is 1010. The van der Waals surface area contributed by atoms with Crippen LogP contribution in [0.1, 0.15) is 64.2 Å². The van der Waals surface area contributed by atoms with Crippen LogP contribution in [0.4, 0.5) is 5.82 Å². The Morgan fingerprint density at radius 3 is 2.31 bits per heavy atom. The summed E-state index contributed by atoms with van der Waals surface area (Å²) in [5.41, 5.74) is 9.72. The zero-order chi connectivity index (χ0) is 21.1. The highest BCUT2D eigenvalue weighted by molar-refractivity contribution is 6.10. The van der Waals surface area contributed by atoms with Crippen molar-refractivity contribution in [3.63, 3.8) is 0 Å². The largest absolute Gasteiger partial charge is 0.384 e. The van der Waals surface area contributed by atoms with Crippen molar-refractivity contribution < 1.29 is 4.79 Å². The molecule has 6 nitrogen and oxygen atoms in total. The first-order valence-electron chi connectivity index (χ1n) is 10.6. The molecule has 2 aromatic heterocycles. The number of carbonyl (C=O) groups excluding carboxylic acids is 1. The van der Waals surface area contributed by atoms with Crippen molar-refractivity contribution in [1.29, 1.82) is 0 Å². The average molecular weight is 396 g/mol. The van der Waals surface area contributed by atoms with Crippen molar-refractivity contribution in [1.82, 2.24) is 19.9 Å². The molecule has 0 unspecified atom stereocenters. The number of hydrogen-bond donors (Lipinski definition) is 2. The minimum absolute atomic E-state index is 0.0811. The number of nitrogens with one attached hydrogen (secondary N) is 1. The van der Waals surface area contributed by atoms with Crippen LogP contribution in [0.5, 0.6) is 0 Å². The van der Waals surface area contributed by atoms with Gasteiger partial charge in [0.1, 0.15) is 16.9 Å². The number of anilines is 1. The smallest absolute Gasteiger partial charge is 0.257 e. The van der Waals surface area contributed by atoms with E-state index in [1.807, 2.05) is 35.8 Å². The molecule has 0 saturated heterocycles. The van der Waals surface area contributed by atoms with Gasteiger partial charge in [0.05, 0.1) is 11.0 Å². The van der Waals surface area contributed by atoms with Crippen LogP contribution in [-0.4, -0.2) is 26.5 Å². The number of fused-ring (bicyclic) bond motifs is 2. The highest BCUT2D eigenvalue weighted by Crippen LogP contribution is 2.28. The highest BCUT2D eigenvalue weighted by Gasteiger charge is 2.25. The summed E-state index contributed by atoms with van der Waals surface area (Å²) in [5, 5.41) is 3.12. The number of rotatable bonds is 8. The van der Waals surface area contributed by atoms with Crippen molar-refractivity contribution in [2.45, 2.75) is 66.5 Å². The van der Waals surface area contributed by atoms with E-state index in [0.29, 0.717) is 40.9 Å². The van der Waals surface area contributed by atoms with Crippen LogP contribution >= 0.6 is 0 Å². The van der Waals surface area contributed by atoms with E-state index in [2.05, 4.69) is 33.0 Å². The van der Waals surface area contributed by atoms with Gasteiger partial charge in [-0.2, -0.15) is 0 Å². The molecule has 29 heavy (non-hydrogen) atoms. The van der Waals surface area contributed by atoms with Crippen LogP contribution in [0.25, 0.3) is 22.2 Å². The zero-order valence-corrected chi connectivity index (χ0v) is 18.2. The van der Waals surface area contributed by atoms with Gasteiger partial charge in [0.2, 0.25) is 0 Å². The molecule has 3 rings (SSSR count). The number of nitrogen functional groups attached to an aromatic ring is 1. The Morgan fingerprint density at radius 2 is 1.69 bits per heavy atom.